The van der Waals surface area contributed by atoms with Crippen molar-refractivity contribution in [3.05, 3.63) is 34.7 Å². The molecule has 2 N–H and O–H groups in total. The van der Waals surface area contributed by atoms with E-state index < -0.39 is 0 Å². The number of likely N-dealkylation sites (tertiary alicyclic amines) is 1. The highest BCUT2D eigenvalue weighted by Crippen LogP contribution is 2.16. The van der Waals surface area contributed by atoms with Crippen LogP contribution < -0.4 is 11.3 Å². The first kappa shape index (κ1) is 13.2. The molecule has 0 amide bonds. The van der Waals surface area contributed by atoms with Crippen molar-refractivity contribution in [3.8, 4) is 0 Å². The Morgan fingerprint density at radius 2 is 2.06 bits per heavy atom. The summed E-state index contributed by atoms with van der Waals surface area (Å²) in [5, 5.41) is 0. The summed E-state index contributed by atoms with van der Waals surface area (Å²) in [6.07, 6.45) is 3.92. The Morgan fingerprint density at radius 1 is 1.33 bits per heavy atom. The Balaban J connectivity index is 1.81. The highest BCUT2D eigenvalue weighted by atomic mass is 32.1. The zero-order valence-electron chi connectivity index (χ0n) is 10.4. The van der Waals surface area contributed by atoms with Crippen LogP contribution in [0.5, 0.6) is 0 Å². The molecule has 5 heteroatoms. The molecule has 0 radical (unpaired) electrons. The molecule has 0 unspecified atom stereocenters. The number of nitrogens with zero attached hydrogens (tertiary/aromatic N) is 2. The predicted octanol–water partition coefficient (Wildman–Crippen LogP) is 0.846. The van der Waals surface area contributed by atoms with Gasteiger partial charge in [-0.05, 0) is 32.0 Å². The smallest absolute Gasteiger partial charge is 0.250 e. The second kappa shape index (κ2) is 6.11. The highest BCUT2D eigenvalue weighted by Gasteiger charge is 2.20. The van der Waals surface area contributed by atoms with Crippen LogP contribution in [0.1, 0.15) is 12.8 Å². The molecule has 0 saturated carbocycles. The van der Waals surface area contributed by atoms with Crippen LogP contribution >= 0.6 is 12.2 Å². The summed E-state index contributed by atoms with van der Waals surface area (Å²) in [5.74, 6) is 0.399. The van der Waals surface area contributed by atoms with E-state index in [1.165, 1.54) is 0 Å². The maximum atomic E-state index is 11.5. The van der Waals surface area contributed by atoms with E-state index in [4.69, 9.17) is 18.0 Å². The minimum absolute atomic E-state index is 0.0653. The molecule has 2 heterocycles. The molecule has 0 spiro atoms. The van der Waals surface area contributed by atoms with Crippen LogP contribution in [0, 0.1) is 5.92 Å². The number of hydrogen-bond donors (Lipinski definition) is 1. The van der Waals surface area contributed by atoms with Crippen LogP contribution in [0.15, 0.2) is 29.2 Å². The van der Waals surface area contributed by atoms with Gasteiger partial charge in [0.25, 0.3) is 5.56 Å². The topological polar surface area (TPSA) is 51.3 Å². The molecule has 98 valence electrons. The molecular formula is C13H19N3OS. The molecule has 2 rings (SSSR count). The van der Waals surface area contributed by atoms with E-state index in [-0.39, 0.29) is 5.56 Å². The molecule has 18 heavy (non-hydrogen) atoms. The SMILES string of the molecule is NC(=S)C1CCN(CCn2ccccc2=O)CC1. The molecule has 0 aromatic carbocycles. The van der Waals surface area contributed by atoms with Gasteiger partial charge in [-0.2, -0.15) is 0 Å². The van der Waals surface area contributed by atoms with Gasteiger partial charge < -0.3 is 15.2 Å². The molecule has 1 aliphatic heterocycles. The van der Waals surface area contributed by atoms with E-state index in [0.29, 0.717) is 10.9 Å². The second-order valence-corrected chi connectivity index (χ2v) is 5.22. The third kappa shape index (κ3) is 3.40. The van der Waals surface area contributed by atoms with Gasteiger partial charge in [0.15, 0.2) is 0 Å². The zero-order chi connectivity index (χ0) is 13.0. The standard InChI is InChI=1S/C13H19N3OS/c14-13(18)11-4-7-15(8-5-11)9-10-16-6-2-1-3-12(16)17/h1-3,6,11H,4-5,7-10H2,(H2,14,18). The number of pyridine rings is 1. The van der Waals surface area contributed by atoms with Gasteiger partial charge >= 0.3 is 0 Å². The average molecular weight is 265 g/mol. The van der Waals surface area contributed by atoms with Gasteiger partial charge in [0.2, 0.25) is 0 Å². The third-order valence-corrected chi connectivity index (χ3v) is 3.88. The molecule has 1 fully saturated rings. The van der Waals surface area contributed by atoms with Gasteiger partial charge in [-0.15, -0.1) is 0 Å². The monoisotopic (exact) mass is 265 g/mol. The van der Waals surface area contributed by atoms with Crippen LogP contribution in [0.25, 0.3) is 0 Å². The van der Waals surface area contributed by atoms with E-state index in [9.17, 15) is 4.79 Å². The molecule has 0 aliphatic carbocycles. The summed E-state index contributed by atoms with van der Waals surface area (Å²) in [6.45, 7) is 3.69. The second-order valence-electron chi connectivity index (χ2n) is 4.75. The lowest BCUT2D eigenvalue weighted by Gasteiger charge is -2.31. The normalized spacial score (nSPS) is 17.8. The van der Waals surface area contributed by atoms with Crippen molar-refractivity contribution in [3.63, 3.8) is 0 Å². The number of aromatic nitrogens is 1. The lowest BCUT2D eigenvalue weighted by molar-refractivity contribution is 0.202. The number of hydrogen-bond acceptors (Lipinski definition) is 3. The predicted molar refractivity (Wildman–Crippen MR) is 76.7 cm³/mol. The Kier molecular flexibility index (Phi) is 4.49. The summed E-state index contributed by atoms with van der Waals surface area (Å²) in [7, 11) is 0. The van der Waals surface area contributed by atoms with Crippen LogP contribution in [-0.2, 0) is 6.54 Å². The molecule has 0 atom stereocenters. The van der Waals surface area contributed by atoms with Crippen molar-refractivity contribution >= 4 is 17.2 Å². The van der Waals surface area contributed by atoms with E-state index in [0.717, 1.165) is 39.0 Å². The summed E-state index contributed by atoms with van der Waals surface area (Å²) in [6, 6.07) is 5.26. The first-order chi connectivity index (χ1) is 8.66. The Labute approximate surface area is 112 Å². The third-order valence-electron chi connectivity index (χ3n) is 3.55. The van der Waals surface area contributed by atoms with Crippen molar-refractivity contribution in [1.29, 1.82) is 0 Å². The lowest BCUT2D eigenvalue weighted by atomic mass is 9.97. The minimum Gasteiger partial charge on any atom is -0.393 e. The largest absolute Gasteiger partial charge is 0.393 e. The van der Waals surface area contributed by atoms with Crippen LogP contribution in [-0.4, -0.2) is 34.1 Å². The Hall–Kier alpha value is -1.20. The van der Waals surface area contributed by atoms with E-state index >= 15 is 0 Å². The van der Waals surface area contributed by atoms with Crippen molar-refractivity contribution in [2.45, 2.75) is 19.4 Å². The van der Waals surface area contributed by atoms with Crippen molar-refractivity contribution in [2.75, 3.05) is 19.6 Å². The van der Waals surface area contributed by atoms with Gasteiger partial charge in [-0.1, -0.05) is 18.3 Å². The first-order valence-corrected chi connectivity index (χ1v) is 6.75. The molecule has 1 aromatic heterocycles. The summed E-state index contributed by atoms with van der Waals surface area (Å²) in [5.41, 5.74) is 5.73. The molecule has 0 bridgehead atoms. The molecular weight excluding hydrogens is 246 g/mol. The molecule has 4 nitrogen and oxygen atoms in total. The fraction of sp³-hybridized carbons (Fsp3) is 0.538. The maximum Gasteiger partial charge on any atom is 0.250 e. The number of nitrogens with two attached hydrogens (primary N) is 1. The van der Waals surface area contributed by atoms with Gasteiger partial charge in [0.1, 0.15) is 0 Å². The van der Waals surface area contributed by atoms with Crippen molar-refractivity contribution < 1.29 is 0 Å². The number of thiocarbonyl (C=S) groups is 1. The molecule has 1 aliphatic rings. The summed E-state index contributed by atoms with van der Waals surface area (Å²) < 4.78 is 1.75. The van der Waals surface area contributed by atoms with E-state index in [1.54, 1.807) is 16.7 Å². The van der Waals surface area contributed by atoms with Gasteiger partial charge in [0.05, 0.1) is 4.99 Å². The number of piperidine rings is 1. The van der Waals surface area contributed by atoms with Gasteiger partial charge in [0, 0.05) is 31.3 Å². The fourth-order valence-electron chi connectivity index (χ4n) is 2.34. The maximum absolute atomic E-state index is 11.5. The number of rotatable bonds is 4. The van der Waals surface area contributed by atoms with Crippen molar-refractivity contribution in [1.82, 2.24) is 9.47 Å². The molecule has 1 aromatic rings. The average Bonchev–Trinajstić information content (AvgIpc) is 2.38. The van der Waals surface area contributed by atoms with Gasteiger partial charge in [-0.25, -0.2) is 0 Å². The van der Waals surface area contributed by atoms with E-state index in [1.807, 2.05) is 12.3 Å². The van der Waals surface area contributed by atoms with E-state index in [2.05, 4.69) is 4.90 Å². The minimum atomic E-state index is 0.0653. The zero-order valence-corrected chi connectivity index (χ0v) is 11.2. The quantitative estimate of drug-likeness (QED) is 0.820. The van der Waals surface area contributed by atoms with Crippen LogP contribution in [0.3, 0.4) is 0 Å². The van der Waals surface area contributed by atoms with Gasteiger partial charge in [-0.3, -0.25) is 4.79 Å². The first-order valence-electron chi connectivity index (χ1n) is 6.34. The fourth-order valence-corrected chi connectivity index (χ4v) is 2.57. The highest BCUT2D eigenvalue weighted by molar-refractivity contribution is 7.80. The summed E-state index contributed by atoms with van der Waals surface area (Å²) in [4.78, 5) is 14.6. The Bertz CT molecular complexity index is 463. The summed E-state index contributed by atoms with van der Waals surface area (Å²) >= 11 is 5.03. The van der Waals surface area contributed by atoms with Crippen LogP contribution in [0.4, 0.5) is 0 Å². The van der Waals surface area contributed by atoms with Crippen molar-refractivity contribution in [2.24, 2.45) is 11.7 Å². The lowest BCUT2D eigenvalue weighted by Crippen LogP contribution is -2.40. The van der Waals surface area contributed by atoms with Crippen LogP contribution in [0.2, 0.25) is 0 Å². The Morgan fingerprint density at radius 3 is 2.67 bits per heavy atom. The molecule has 1 saturated heterocycles.